The Hall–Kier alpha value is -1.89. The van der Waals surface area contributed by atoms with Gasteiger partial charge in [0.05, 0.1) is 12.0 Å². The summed E-state index contributed by atoms with van der Waals surface area (Å²) in [5, 5.41) is 7.16. The van der Waals surface area contributed by atoms with E-state index in [0.717, 1.165) is 43.5 Å². The van der Waals surface area contributed by atoms with Crippen LogP contribution in [0.15, 0.2) is 0 Å². The number of piperidine rings is 1. The number of H-pyrrole nitrogens is 1. The lowest BCUT2D eigenvalue weighted by Gasteiger charge is -2.39. The van der Waals surface area contributed by atoms with Gasteiger partial charge in [-0.15, -0.1) is 0 Å². The van der Waals surface area contributed by atoms with Gasteiger partial charge >= 0.3 is 0 Å². The molecule has 1 N–H and O–H groups in total. The minimum absolute atomic E-state index is 0.0628. The number of amides is 2. The lowest BCUT2D eigenvalue weighted by Crippen LogP contribution is -2.51. The summed E-state index contributed by atoms with van der Waals surface area (Å²) in [6.07, 6.45) is 3.41. The van der Waals surface area contributed by atoms with E-state index >= 15 is 0 Å². The highest BCUT2D eigenvalue weighted by Gasteiger charge is 2.49. The van der Waals surface area contributed by atoms with Crippen molar-refractivity contribution < 1.29 is 14.3 Å². The first kappa shape index (κ1) is 17.9. The van der Waals surface area contributed by atoms with Gasteiger partial charge < -0.3 is 14.5 Å². The van der Waals surface area contributed by atoms with Crippen LogP contribution in [0.2, 0.25) is 0 Å². The monoisotopic (exact) mass is 348 g/mol. The van der Waals surface area contributed by atoms with Crippen molar-refractivity contribution >= 4 is 11.8 Å². The van der Waals surface area contributed by atoms with E-state index in [0.29, 0.717) is 31.9 Å². The average Bonchev–Trinajstić information content (AvgIpc) is 3.20. The molecule has 0 unspecified atom stereocenters. The van der Waals surface area contributed by atoms with Gasteiger partial charge in [0.15, 0.2) is 5.69 Å². The number of nitrogens with one attached hydrogen (secondary N) is 1. The van der Waals surface area contributed by atoms with E-state index in [4.69, 9.17) is 4.74 Å². The van der Waals surface area contributed by atoms with E-state index in [1.54, 1.807) is 12.0 Å². The van der Waals surface area contributed by atoms with Crippen molar-refractivity contribution in [3.05, 3.63) is 17.0 Å². The van der Waals surface area contributed by atoms with Crippen LogP contribution in [0.4, 0.5) is 0 Å². The number of ether oxygens (including phenoxy) is 1. The third-order valence-electron chi connectivity index (χ3n) is 5.70. The predicted octanol–water partition coefficient (Wildman–Crippen LogP) is 1.38. The van der Waals surface area contributed by atoms with Crippen LogP contribution in [0.3, 0.4) is 0 Å². The summed E-state index contributed by atoms with van der Waals surface area (Å²) in [6.45, 7) is 7.06. The maximum Gasteiger partial charge on any atom is 0.274 e. The molecule has 1 spiro atoms. The highest BCUT2D eigenvalue weighted by atomic mass is 16.5. The number of aromatic nitrogens is 2. The Morgan fingerprint density at radius 2 is 2.16 bits per heavy atom. The maximum absolute atomic E-state index is 13.0. The van der Waals surface area contributed by atoms with Crippen LogP contribution >= 0.6 is 0 Å². The number of methoxy groups -OCH3 is 1. The SMILES string of the molecule is CCc1[nH]nc(C(=O)N2CC[C@@]3(CCCN(CCOC)C3=O)C2)c1C. The fourth-order valence-corrected chi connectivity index (χ4v) is 4.13. The molecule has 138 valence electrons. The summed E-state index contributed by atoms with van der Waals surface area (Å²) < 4.78 is 5.12. The molecule has 0 aliphatic carbocycles. The number of likely N-dealkylation sites (tertiary alicyclic amines) is 2. The van der Waals surface area contributed by atoms with Gasteiger partial charge in [0, 0.05) is 44.5 Å². The van der Waals surface area contributed by atoms with Crippen molar-refractivity contribution in [1.82, 2.24) is 20.0 Å². The second-order valence-corrected chi connectivity index (χ2v) is 7.17. The zero-order chi connectivity index (χ0) is 18.0. The number of nitrogens with zero attached hydrogens (tertiary/aromatic N) is 3. The summed E-state index contributed by atoms with van der Waals surface area (Å²) in [5.41, 5.74) is 2.00. The number of rotatable bonds is 5. The van der Waals surface area contributed by atoms with Crippen molar-refractivity contribution in [3.8, 4) is 0 Å². The summed E-state index contributed by atoms with van der Waals surface area (Å²) >= 11 is 0. The molecule has 0 radical (unpaired) electrons. The molecule has 3 heterocycles. The maximum atomic E-state index is 13.0. The molecule has 7 heteroatoms. The second-order valence-electron chi connectivity index (χ2n) is 7.17. The van der Waals surface area contributed by atoms with E-state index in [-0.39, 0.29) is 11.8 Å². The number of carbonyl (C=O) groups is 2. The molecule has 0 saturated carbocycles. The average molecular weight is 348 g/mol. The Morgan fingerprint density at radius 1 is 1.36 bits per heavy atom. The number of aromatic amines is 1. The Bertz CT molecular complexity index is 657. The standard InChI is InChI=1S/C18H28N4O3/c1-4-14-13(2)15(20-19-14)16(23)22-9-7-18(12-22)6-5-8-21(17(18)24)10-11-25-3/h4-12H2,1-3H3,(H,19,20)/t18-/m0/s1. The molecule has 7 nitrogen and oxygen atoms in total. The molecule has 3 rings (SSSR count). The van der Waals surface area contributed by atoms with Gasteiger partial charge in [0.25, 0.3) is 5.91 Å². The van der Waals surface area contributed by atoms with Crippen LogP contribution in [0.1, 0.15) is 47.9 Å². The summed E-state index contributed by atoms with van der Waals surface area (Å²) in [4.78, 5) is 29.6. The van der Waals surface area contributed by atoms with Gasteiger partial charge in [-0.2, -0.15) is 5.10 Å². The van der Waals surface area contributed by atoms with Crippen LogP contribution in [-0.2, 0) is 16.0 Å². The molecule has 2 amide bonds. The summed E-state index contributed by atoms with van der Waals surface area (Å²) in [6, 6.07) is 0. The Morgan fingerprint density at radius 3 is 2.84 bits per heavy atom. The molecule has 0 bridgehead atoms. The highest BCUT2D eigenvalue weighted by molar-refractivity contribution is 5.95. The minimum atomic E-state index is -0.417. The number of carbonyl (C=O) groups excluding carboxylic acids is 2. The minimum Gasteiger partial charge on any atom is -0.383 e. The number of aryl methyl sites for hydroxylation is 1. The third kappa shape index (κ3) is 3.17. The lowest BCUT2D eigenvalue weighted by molar-refractivity contribution is -0.146. The predicted molar refractivity (Wildman–Crippen MR) is 93.3 cm³/mol. The largest absolute Gasteiger partial charge is 0.383 e. The third-order valence-corrected chi connectivity index (χ3v) is 5.70. The molecule has 2 saturated heterocycles. The zero-order valence-corrected chi connectivity index (χ0v) is 15.4. The molecule has 0 aromatic carbocycles. The van der Waals surface area contributed by atoms with Crippen LogP contribution < -0.4 is 0 Å². The van der Waals surface area contributed by atoms with Crippen molar-refractivity contribution in [2.45, 2.75) is 39.5 Å². The molecule has 2 fully saturated rings. The second kappa shape index (κ2) is 7.15. The number of hydrogen-bond acceptors (Lipinski definition) is 4. The topological polar surface area (TPSA) is 78.5 Å². The Kier molecular flexibility index (Phi) is 5.13. The fourth-order valence-electron chi connectivity index (χ4n) is 4.13. The molecule has 1 aromatic heterocycles. The smallest absolute Gasteiger partial charge is 0.274 e. The fraction of sp³-hybridized carbons (Fsp3) is 0.722. The first-order valence-corrected chi connectivity index (χ1v) is 9.14. The first-order chi connectivity index (χ1) is 12.0. The van der Waals surface area contributed by atoms with E-state index in [1.165, 1.54) is 0 Å². The van der Waals surface area contributed by atoms with Gasteiger partial charge in [-0.25, -0.2) is 0 Å². The van der Waals surface area contributed by atoms with Crippen LogP contribution in [0, 0.1) is 12.3 Å². The van der Waals surface area contributed by atoms with Crippen LogP contribution in [0.5, 0.6) is 0 Å². The van der Waals surface area contributed by atoms with Crippen molar-refractivity contribution in [2.75, 3.05) is 39.9 Å². The molecule has 1 aromatic rings. The molecular formula is C18H28N4O3. The molecule has 2 aliphatic heterocycles. The van der Waals surface area contributed by atoms with E-state index in [1.807, 2.05) is 18.7 Å². The first-order valence-electron chi connectivity index (χ1n) is 9.14. The van der Waals surface area contributed by atoms with E-state index in [2.05, 4.69) is 10.2 Å². The van der Waals surface area contributed by atoms with Crippen molar-refractivity contribution in [1.29, 1.82) is 0 Å². The van der Waals surface area contributed by atoms with Crippen molar-refractivity contribution in [3.63, 3.8) is 0 Å². The molecule has 25 heavy (non-hydrogen) atoms. The van der Waals surface area contributed by atoms with Gasteiger partial charge in [-0.1, -0.05) is 6.92 Å². The Balaban J connectivity index is 1.72. The van der Waals surface area contributed by atoms with Crippen molar-refractivity contribution in [2.24, 2.45) is 5.41 Å². The van der Waals surface area contributed by atoms with Gasteiger partial charge in [0.2, 0.25) is 5.91 Å². The normalized spacial score (nSPS) is 23.7. The summed E-state index contributed by atoms with van der Waals surface area (Å²) in [5.74, 6) is 0.117. The van der Waals surface area contributed by atoms with Crippen LogP contribution in [0.25, 0.3) is 0 Å². The van der Waals surface area contributed by atoms with Gasteiger partial charge in [-0.05, 0) is 32.6 Å². The van der Waals surface area contributed by atoms with E-state index in [9.17, 15) is 9.59 Å². The lowest BCUT2D eigenvalue weighted by atomic mass is 9.78. The molecule has 2 aliphatic rings. The zero-order valence-electron chi connectivity index (χ0n) is 15.4. The van der Waals surface area contributed by atoms with Crippen LogP contribution in [-0.4, -0.2) is 71.7 Å². The summed E-state index contributed by atoms with van der Waals surface area (Å²) in [7, 11) is 1.65. The Labute approximate surface area is 148 Å². The number of hydrogen-bond donors (Lipinski definition) is 1. The van der Waals surface area contributed by atoms with E-state index < -0.39 is 5.41 Å². The molecule has 1 atom stereocenters. The van der Waals surface area contributed by atoms with Gasteiger partial charge in [0.1, 0.15) is 0 Å². The van der Waals surface area contributed by atoms with Gasteiger partial charge in [-0.3, -0.25) is 14.7 Å². The quantitative estimate of drug-likeness (QED) is 0.872. The molecular weight excluding hydrogens is 320 g/mol. The highest BCUT2D eigenvalue weighted by Crippen LogP contribution is 2.40.